The maximum Gasteiger partial charge on any atom is 0.326 e. The first kappa shape index (κ1) is 17.3. The van der Waals surface area contributed by atoms with Gasteiger partial charge < -0.3 is 25.1 Å². The van der Waals surface area contributed by atoms with E-state index in [0.29, 0.717) is 0 Å². The number of carbonyl (C=O) groups is 2. The van der Waals surface area contributed by atoms with E-state index in [1.54, 1.807) is 6.20 Å². The monoisotopic (exact) mass is 355 g/mol. The van der Waals surface area contributed by atoms with Gasteiger partial charge in [0.25, 0.3) is 5.56 Å². The van der Waals surface area contributed by atoms with E-state index in [9.17, 15) is 24.6 Å². The molecular weight excluding hydrogens is 338 g/mol. The van der Waals surface area contributed by atoms with Crippen molar-refractivity contribution in [2.24, 2.45) is 0 Å². The molecule has 0 spiro atoms. The highest BCUT2D eigenvalue weighted by molar-refractivity contribution is 5.86. The van der Waals surface area contributed by atoms with E-state index in [1.807, 2.05) is 24.3 Å². The molecule has 8 heteroatoms. The molecule has 1 amide bonds. The highest BCUT2D eigenvalue weighted by Crippen LogP contribution is 2.19. The summed E-state index contributed by atoms with van der Waals surface area (Å²) in [7, 11) is 0. The number of carboxylic acids is 1. The summed E-state index contributed by atoms with van der Waals surface area (Å²) < 4.78 is 1.01. The van der Waals surface area contributed by atoms with Crippen molar-refractivity contribution in [3.63, 3.8) is 0 Å². The Morgan fingerprint density at radius 2 is 1.96 bits per heavy atom. The fourth-order valence-electron chi connectivity index (χ4n) is 2.76. The molecule has 0 unspecified atom stereocenters. The number of amides is 1. The molecule has 4 N–H and O–H groups in total. The van der Waals surface area contributed by atoms with Crippen LogP contribution in [0.15, 0.2) is 53.6 Å². The summed E-state index contributed by atoms with van der Waals surface area (Å²) in [6.07, 6.45) is 3.16. The van der Waals surface area contributed by atoms with Crippen LogP contribution in [-0.4, -0.2) is 37.7 Å². The number of carbonyl (C=O) groups excluding carboxylic acids is 1. The average Bonchev–Trinajstić information content (AvgIpc) is 3.01. The van der Waals surface area contributed by atoms with E-state index in [-0.39, 0.29) is 13.0 Å². The van der Waals surface area contributed by atoms with Crippen molar-refractivity contribution in [2.45, 2.75) is 19.0 Å². The van der Waals surface area contributed by atoms with Crippen molar-refractivity contribution in [1.82, 2.24) is 14.9 Å². The lowest BCUT2D eigenvalue weighted by atomic mass is 10.0. The minimum absolute atomic E-state index is 0.0972. The van der Waals surface area contributed by atoms with Gasteiger partial charge in [-0.25, -0.2) is 4.79 Å². The van der Waals surface area contributed by atoms with Gasteiger partial charge in [-0.3, -0.25) is 9.59 Å². The number of hydrogen-bond donors (Lipinski definition) is 4. The molecule has 0 bridgehead atoms. The summed E-state index contributed by atoms with van der Waals surface area (Å²) in [5.74, 6) is -2.29. The highest BCUT2D eigenvalue weighted by atomic mass is 16.4. The van der Waals surface area contributed by atoms with Crippen LogP contribution in [0.25, 0.3) is 10.9 Å². The predicted octanol–water partition coefficient (Wildman–Crippen LogP) is 0.847. The largest absolute Gasteiger partial charge is 0.503 e. The quantitative estimate of drug-likeness (QED) is 0.522. The third-order valence-corrected chi connectivity index (χ3v) is 4.05. The molecule has 2 aromatic heterocycles. The van der Waals surface area contributed by atoms with Gasteiger partial charge in [-0.15, -0.1) is 0 Å². The Labute approximate surface area is 147 Å². The van der Waals surface area contributed by atoms with Crippen LogP contribution in [0, 0.1) is 0 Å². The van der Waals surface area contributed by atoms with E-state index in [0.717, 1.165) is 21.0 Å². The van der Waals surface area contributed by atoms with Gasteiger partial charge in [-0.2, -0.15) is 0 Å². The SMILES string of the molecule is O=C(Cn1cccc(O)c1=O)N[C@@H](Cc1c[nH]c2ccccc12)C(=O)O. The van der Waals surface area contributed by atoms with Crippen molar-refractivity contribution in [3.8, 4) is 5.75 Å². The summed E-state index contributed by atoms with van der Waals surface area (Å²) in [6.45, 7) is -0.384. The summed E-state index contributed by atoms with van der Waals surface area (Å²) in [5, 5.41) is 22.1. The lowest BCUT2D eigenvalue weighted by molar-refractivity contribution is -0.141. The number of rotatable bonds is 6. The second kappa shape index (κ2) is 7.14. The maximum atomic E-state index is 12.2. The predicted molar refractivity (Wildman–Crippen MR) is 93.9 cm³/mol. The number of aliphatic carboxylic acids is 1. The molecular formula is C18H17N3O5. The van der Waals surface area contributed by atoms with Crippen molar-refractivity contribution >= 4 is 22.8 Å². The van der Waals surface area contributed by atoms with E-state index >= 15 is 0 Å². The summed E-state index contributed by atoms with van der Waals surface area (Å²) in [4.78, 5) is 38.5. The van der Waals surface area contributed by atoms with Gasteiger partial charge in [-0.05, 0) is 23.8 Å². The molecule has 3 aromatic rings. The Bertz CT molecular complexity index is 1020. The van der Waals surface area contributed by atoms with Crippen LogP contribution in [0.2, 0.25) is 0 Å². The number of H-pyrrole nitrogens is 1. The zero-order valence-corrected chi connectivity index (χ0v) is 13.7. The number of carboxylic acid groups (broad SMARTS) is 1. The second-order valence-electron chi connectivity index (χ2n) is 5.85. The molecule has 134 valence electrons. The zero-order valence-electron chi connectivity index (χ0n) is 13.7. The number of nitrogens with zero attached hydrogens (tertiary/aromatic N) is 1. The van der Waals surface area contributed by atoms with Gasteiger partial charge in [0.15, 0.2) is 5.75 Å². The summed E-state index contributed by atoms with van der Waals surface area (Å²) in [6, 6.07) is 8.96. The number of nitrogens with one attached hydrogen (secondary N) is 2. The van der Waals surface area contributed by atoms with Crippen LogP contribution >= 0.6 is 0 Å². The molecule has 0 aliphatic rings. The summed E-state index contributed by atoms with van der Waals surface area (Å²) >= 11 is 0. The molecule has 0 aliphatic heterocycles. The molecule has 0 aliphatic carbocycles. The van der Waals surface area contributed by atoms with E-state index in [2.05, 4.69) is 10.3 Å². The molecule has 2 heterocycles. The van der Waals surface area contributed by atoms with Gasteiger partial charge >= 0.3 is 5.97 Å². The van der Waals surface area contributed by atoms with E-state index < -0.39 is 29.2 Å². The first-order valence-corrected chi connectivity index (χ1v) is 7.91. The third-order valence-electron chi connectivity index (χ3n) is 4.05. The minimum Gasteiger partial charge on any atom is -0.503 e. The van der Waals surface area contributed by atoms with Crippen LogP contribution in [0.5, 0.6) is 5.75 Å². The fraction of sp³-hybridized carbons (Fsp3) is 0.167. The Morgan fingerprint density at radius 3 is 2.73 bits per heavy atom. The minimum atomic E-state index is -1.17. The first-order chi connectivity index (χ1) is 12.5. The van der Waals surface area contributed by atoms with E-state index in [1.165, 1.54) is 18.3 Å². The maximum absolute atomic E-state index is 12.2. The highest BCUT2D eigenvalue weighted by Gasteiger charge is 2.22. The summed E-state index contributed by atoms with van der Waals surface area (Å²) in [5.41, 5.74) is 0.929. The van der Waals surface area contributed by atoms with Crippen LogP contribution < -0.4 is 10.9 Å². The molecule has 0 radical (unpaired) electrons. The number of fused-ring (bicyclic) bond motifs is 1. The smallest absolute Gasteiger partial charge is 0.326 e. The number of aromatic amines is 1. The number of aromatic hydroxyl groups is 1. The van der Waals surface area contributed by atoms with Crippen LogP contribution in [-0.2, 0) is 22.6 Å². The molecule has 0 saturated heterocycles. The Morgan fingerprint density at radius 1 is 1.19 bits per heavy atom. The average molecular weight is 355 g/mol. The van der Waals surface area contributed by atoms with Crippen LogP contribution in [0.4, 0.5) is 0 Å². The lowest BCUT2D eigenvalue weighted by Gasteiger charge is -2.15. The third kappa shape index (κ3) is 3.59. The van der Waals surface area contributed by atoms with Crippen molar-refractivity contribution in [3.05, 3.63) is 64.7 Å². The van der Waals surface area contributed by atoms with Gasteiger partial charge in [0.2, 0.25) is 5.91 Å². The van der Waals surface area contributed by atoms with Crippen LogP contribution in [0.1, 0.15) is 5.56 Å². The first-order valence-electron chi connectivity index (χ1n) is 7.91. The Balaban J connectivity index is 1.74. The van der Waals surface area contributed by atoms with Crippen molar-refractivity contribution < 1.29 is 19.8 Å². The number of aromatic nitrogens is 2. The van der Waals surface area contributed by atoms with Crippen molar-refractivity contribution in [1.29, 1.82) is 0 Å². The van der Waals surface area contributed by atoms with Gasteiger partial charge in [0.05, 0.1) is 0 Å². The molecule has 1 atom stereocenters. The molecule has 3 rings (SSSR count). The normalized spacial score (nSPS) is 12.0. The van der Waals surface area contributed by atoms with Crippen molar-refractivity contribution in [2.75, 3.05) is 0 Å². The number of benzene rings is 1. The number of para-hydroxylation sites is 1. The standard InChI is InChI=1S/C18H17N3O5/c22-15-6-3-7-21(17(15)24)10-16(23)20-14(18(25)26)8-11-9-19-13-5-2-1-4-12(11)13/h1-7,9,14,19,22H,8,10H2,(H,20,23)(H,25,26)/t14-/m0/s1. The Hall–Kier alpha value is -3.55. The van der Waals surface area contributed by atoms with Gasteiger partial charge in [0.1, 0.15) is 12.6 Å². The molecule has 0 fully saturated rings. The lowest BCUT2D eigenvalue weighted by Crippen LogP contribution is -2.44. The number of hydrogen-bond acceptors (Lipinski definition) is 4. The molecule has 26 heavy (non-hydrogen) atoms. The molecule has 1 aromatic carbocycles. The van der Waals surface area contributed by atoms with Gasteiger partial charge in [0, 0.05) is 29.7 Å². The Kier molecular flexibility index (Phi) is 4.74. The second-order valence-corrected chi connectivity index (χ2v) is 5.85. The molecule has 0 saturated carbocycles. The molecule has 8 nitrogen and oxygen atoms in total. The van der Waals surface area contributed by atoms with Gasteiger partial charge in [-0.1, -0.05) is 18.2 Å². The zero-order chi connectivity index (χ0) is 18.7. The topological polar surface area (TPSA) is 124 Å². The number of pyridine rings is 1. The fourth-order valence-corrected chi connectivity index (χ4v) is 2.76. The van der Waals surface area contributed by atoms with Crippen LogP contribution in [0.3, 0.4) is 0 Å². The van der Waals surface area contributed by atoms with E-state index in [4.69, 9.17) is 0 Å².